The number of hydrogen-bond acceptors (Lipinski definition) is 6. The zero-order valence-corrected chi connectivity index (χ0v) is 14.6. The molecule has 1 N–H and O–H groups in total. The highest BCUT2D eigenvalue weighted by atomic mass is 32.1. The first-order chi connectivity index (χ1) is 12.2. The second-order valence-electron chi connectivity index (χ2n) is 6.34. The fraction of sp³-hybridized carbons (Fsp3) is 0.444. The third kappa shape index (κ3) is 3.40. The summed E-state index contributed by atoms with van der Waals surface area (Å²) in [4.78, 5) is 19.4. The Bertz CT molecular complexity index is 913. The molecule has 0 aliphatic heterocycles. The molecule has 0 amide bonds. The second-order valence-corrected chi connectivity index (χ2v) is 7.43. The van der Waals surface area contributed by atoms with Crippen LogP contribution in [0.5, 0.6) is 0 Å². The van der Waals surface area contributed by atoms with Crippen molar-refractivity contribution in [2.75, 3.05) is 6.61 Å². The van der Waals surface area contributed by atoms with Crippen LogP contribution in [0.1, 0.15) is 29.0 Å². The van der Waals surface area contributed by atoms with Crippen molar-refractivity contribution in [2.24, 2.45) is 0 Å². The van der Waals surface area contributed by atoms with E-state index in [1.54, 1.807) is 23.7 Å². The summed E-state index contributed by atoms with van der Waals surface area (Å²) in [5.41, 5.74) is 1.11. The largest absolute Gasteiger partial charge is 0.467 e. The van der Waals surface area contributed by atoms with Crippen LogP contribution in [-0.4, -0.2) is 27.4 Å². The molecule has 4 rings (SSSR count). The standard InChI is InChI=1S/C18H20N2O4S/c21-12(9-23-10-13-4-3-7-24-13)8-20-11-19-17-16(18(20)22)14-5-1-2-6-15(14)25-17/h3-4,7,11-12,21H,1-2,5-6,8-10H2/t12-/m1/s1. The van der Waals surface area contributed by atoms with Crippen LogP contribution < -0.4 is 5.56 Å². The van der Waals surface area contributed by atoms with Gasteiger partial charge in [0.15, 0.2) is 0 Å². The Morgan fingerprint density at radius 2 is 2.28 bits per heavy atom. The molecule has 0 spiro atoms. The molecular formula is C18H20N2O4S. The molecule has 25 heavy (non-hydrogen) atoms. The maximum atomic E-state index is 12.8. The van der Waals surface area contributed by atoms with Crippen LogP contribution in [0.4, 0.5) is 0 Å². The maximum Gasteiger partial charge on any atom is 0.262 e. The van der Waals surface area contributed by atoms with E-state index in [1.807, 2.05) is 6.07 Å². The SMILES string of the molecule is O=c1c2c3c(sc2ncn1C[C@@H](O)COCc1ccco1)CCCC3. The molecule has 3 heterocycles. The number of fused-ring (bicyclic) bond motifs is 3. The van der Waals surface area contributed by atoms with E-state index in [2.05, 4.69) is 4.98 Å². The lowest BCUT2D eigenvalue weighted by Gasteiger charge is -2.13. The number of rotatable bonds is 6. The highest BCUT2D eigenvalue weighted by Gasteiger charge is 2.20. The molecule has 7 heteroatoms. The van der Waals surface area contributed by atoms with Gasteiger partial charge >= 0.3 is 0 Å². The molecule has 0 unspecified atom stereocenters. The van der Waals surface area contributed by atoms with E-state index < -0.39 is 6.10 Å². The van der Waals surface area contributed by atoms with Gasteiger partial charge in [-0.2, -0.15) is 0 Å². The summed E-state index contributed by atoms with van der Waals surface area (Å²) in [5.74, 6) is 0.706. The summed E-state index contributed by atoms with van der Waals surface area (Å²) in [5, 5.41) is 10.9. The molecule has 1 atom stereocenters. The number of ether oxygens (including phenoxy) is 1. The predicted molar refractivity (Wildman–Crippen MR) is 94.9 cm³/mol. The van der Waals surface area contributed by atoms with Crippen LogP contribution in [0.2, 0.25) is 0 Å². The van der Waals surface area contributed by atoms with Crippen LogP contribution in [0.25, 0.3) is 10.2 Å². The molecule has 6 nitrogen and oxygen atoms in total. The quantitative estimate of drug-likeness (QED) is 0.731. The number of hydrogen-bond donors (Lipinski definition) is 1. The third-order valence-electron chi connectivity index (χ3n) is 4.48. The van der Waals surface area contributed by atoms with E-state index in [-0.39, 0.29) is 18.7 Å². The monoisotopic (exact) mass is 360 g/mol. The molecule has 132 valence electrons. The van der Waals surface area contributed by atoms with E-state index in [0.717, 1.165) is 29.5 Å². The van der Waals surface area contributed by atoms with Crippen LogP contribution in [0.15, 0.2) is 33.9 Å². The first-order valence-corrected chi connectivity index (χ1v) is 9.32. The lowest BCUT2D eigenvalue weighted by molar-refractivity contribution is 0.0142. The fourth-order valence-electron chi connectivity index (χ4n) is 3.28. The summed E-state index contributed by atoms with van der Waals surface area (Å²) >= 11 is 1.63. The van der Waals surface area contributed by atoms with Crippen molar-refractivity contribution in [1.82, 2.24) is 9.55 Å². The first kappa shape index (κ1) is 16.5. The molecule has 0 fully saturated rings. The minimum atomic E-state index is -0.777. The molecule has 3 aromatic heterocycles. The number of aromatic nitrogens is 2. The Hall–Kier alpha value is -1.96. The topological polar surface area (TPSA) is 77.5 Å². The molecule has 0 saturated heterocycles. The van der Waals surface area contributed by atoms with Crippen molar-refractivity contribution < 1.29 is 14.3 Å². The van der Waals surface area contributed by atoms with Crippen LogP contribution in [0.3, 0.4) is 0 Å². The Kier molecular flexibility index (Phi) is 4.70. The highest BCUT2D eigenvalue weighted by Crippen LogP contribution is 2.33. The maximum absolute atomic E-state index is 12.8. The smallest absolute Gasteiger partial charge is 0.262 e. The van der Waals surface area contributed by atoms with E-state index in [9.17, 15) is 9.90 Å². The van der Waals surface area contributed by atoms with Gasteiger partial charge in [0.1, 0.15) is 17.2 Å². The number of aryl methyl sites for hydroxylation is 2. The summed E-state index contributed by atoms with van der Waals surface area (Å²) in [6, 6.07) is 3.60. The zero-order valence-electron chi connectivity index (χ0n) is 13.8. The van der Waals surface area contributed by atoms with Gasteiger partial charge < -0.3 is 14.3 Å². The van der Waals surface area contributed by atoms with Gasteiger partial charge in [0.2, 0.25) is 0 Å². The lowest BCUT2D eigenvalue weighted by atomic mass is 9.97. The number of thiophene rings is 1. The van der Waals surface area contributed by atoms with Gasteiger partial charge in [-0.1, -0.05) is 0 Å². The van der Waals surface area contributed by atoms with Gasteiger partial charge in [0.05, 0.1) is 37.2 Å². The fourth-order valence-corrected chi connectivity index (χ4v) is 4.50. The summed E-state index contributed by atoms with van der Waals surface area (Å²) in [6.07, 6.45) is 6.63. The molecule has 0 bridgehead atoms. The van der Waals surface area contributed by atoms with Crippen molar-refractivity contribution in [3.63, 3.8) is 0 Å². The summed E-state index contributed by atoms with van der Waals surface area (Å²) in [7, 11) is 0. The van der Waals surface area contributed by atoms with E-state index in [1.165, 1.54) is 27.8 Å². The zero-order chi connectivity index (χ0) is 17.2. The Morgan fingerprint density at radius 1 is 1.40 bits per heavy atom. The second kappa shape index (κ2) is 7.11. The lowest BCUT2D eigenvalue weighted by Crippen LogP contribution is -2.29. The Balaban J connectivity index is 1.47. The molecule has 0 saturated carbocycles. The predicted octanol–water partition coefficient (Wildman–Crippen LogP) is 2.51. The van der Waals surface area contributed by atoms with Crippen molar-refractivity contribution in [1.29, 1.82) is 0 Å². The van der Waals surface area contributed by atoms with Gasteiger partial charge in [-0.25, -0.2) is 4.98 Å². The van der Waals surface area contributed by atoms with Gasteiger partial charge in [-0.05, 0) is 43.4 Å². The number of aliphatic hydroxyl groups is 1. The molecule has 1 aliphatic carbocycles. The minimum Gasteiger partial charge on any atom is -0.467 e. The van der Waals surface area contributed by atoms with Crippen molar-refractivity contribution >= 4 is 21.6 Å². The number of aliphatic hydroxyl groups excluding tert-OH is 1. The van der Waals surface area contributed by atoms with E-state index >= 15 is 0 Å². The molecule has 0 radical (unpaired) electrons. The van der Waals surface area contributed by atoms with E-state index in [0.29, 0.717) is 12.4 Å². The van der Waals surface area contributed by atoms with Crippen molar-refractivity contribution in [2.45, 2.75) is 44.9 Å². The normalized spacial score (nSPS) is 15.4. The van der Waals surface area contributed by atoms with E-state index in [4.69, 9.17) is 9.15 Å². The highest BCUT2D eigenvalue weighted by molar-refractivity contribution is 7.18. The number of nitrogens with zero attached hydrogens (tertiary/aromatic N) is 2. The van der Waals surface area contributed by atoms with Crippen molar-refractivity contribution in [3.8, 4) is 0 Å². The van der Waals surface area contributed by atoms with Crippen LogP contribution >= 0.6 is 11.3 Å². The van der Waals surface area contributed by atoms with Gasteiger partial charge in [0, 0.05) is 4.88 Å². The average molecular weight is 360 g/mol. The molecule has 1 aliphatic rings. The summed E-state index contributed by atoms with van der Waals surface area (Å²) in [6.45, 7) is 0.603. The van der Waals surface area contributed by atoms with Gasteiger partial charge in [-0.15, -0.1) is 11.3 Å². The van der Waals surface area contributed by atoms with Crippen LogP contribution in [0, 0.1) is 0 Å². The van der Waals surface area contributed by atoms with Crippen LogP contribution in [-0.2, 0) is 30.7 Å². The molecular weight excluding hydrogens is 340 g/mol. The van der Waals surface area contributed by atoms with Crippen molar-refractivity contribution in [3.05, 3.63) is 51.3 Å². The summed E-state index contributed by atoms with van der Waals surface area (Å²) < 4.78 is 12.1. The third-order valence-corrected chi connectivity index (χ3v) is 5.68. The average Bonchev–Trinajstić information content (AvgIpc) is 3.24. The van der Waals surface area contributed by atoms with Gasteiger partial charge in [-0.3, -0.25) is 9.36 Å². The van der Waals surface area contributed by atoms with Gasteiger partial charge in [0.25, 0.3) is 5.56 Å². The minimum absolute atomic E-state index is 0.0607. The number of furan rings is 1. The Morgan fingerprint density at radius 3 is 3.12 bits per heavy atom. The molecule has 3 aromatic rings. The first-order valence-electron chi connectivity index (χ1n) is 8.50. The Labute approximate surface area is 148 Å². The molecule has 0 aromatic carbocycles.